The molecule has 7 nitrogen and oxygen atoms in total. The Bertz CT molecular complexity index is 1650. The van der Waals surface area contributed by atoms with Crippen molar-refractivity contribution in [3.05, 3.63) is 83.6 Å². The molecule has 39 heavy (non-hydrogen) atoms. The summed E-state index contributed by atoms with van der Waals surface area (Å²) in [6.07, 6.45) is 0.127. The highest BCUT2D eigenvalue weighted by atomic mass is 32.1. The fraction of sp³-hybridized carbons (Fsp3) is 0.267. The first kappa shape index (κ1) is 26.8. The molecule has 0 spiro atoms. The van der Waals surface area contributed by atoms with Gasteiger partial charge in [-0.3, -0.25) is 4.79 Å². The van der Waals surface area contributed by atoms with Crippen molar-refractivity contribution in [3.8, 4) is 22.8 Å². The van der Waals surface area contributed by atoms with Gasteiger partial charge in [0.15, 0.2) is 5.82 Å². The number of aromatic nitrogens is 4. The zero-order chi connectivity index (χ0) is 27.8. The molecule has 5 rings (SSSR count). The maximum absolute atomic E-state index is 13.1. The summed E-state index contributed by atoms with van der Waals surface area (Å²) >= 11 is 1.60. The number of carbonyl (C=O) groups is 1. The number of nitrogens with zero attached hydrogens (tertiary/aromatic N) is 4. The molecule has 0 unspecified atom stereocenters. The highest BCUT2D eigenvalue weighted by molar-refractivity contribution is 7.16. The van der Waals surface area contributed by atoms with Crippen molar-refractivity contribution in [2.45, 2.75) is 52.2 Å². The molecule has 0 saturated heterocycles. The van der Waals surface area contributed by atoms with E-state index in [4.69, 9.17) is 9.52 Å². The van der Waals surface area contributed by atoms with Crippen molar-refractivity contribution >= 4 is 41.5 Å². The van der Waals surface area contributed by atoms with Crippen molar-refractivity contribution < 1.29 is 9.22 Å². The van der Waals surface area contributed by atoms with Crippen molar-refractivity contribution in [2.24, 2.45) is 0 Å². The summed E-state index contributed by atoms with van der Waals surface area (Å²) < 4.78 is 9.32. The highest BCUT2D eigenvalue weighted by Gasteiger charge is 2.39. The van der Waals surface area contributed by atoms with Crippen LogP contribution in [0.3, 0.4) is 0 Å². The van der Waals surface area contributed by atoms with Crippen LogP contribution in [0.5, 0.6) is 5.75 Å². The molecule has 0 aliphatic carbocycles. The quantitative estimate of drug-likeness (QED) is 0.211. The van der Waals surface area contributed by atoms with Gasteiger partial charge in [-0.2, -0.15) is 5.10 Å². The van der Waals surface area contributed by atoms with E-state index in [1.54, 1.807) is 11.3 Å². The van der Waals surface area contributed by atoms with E-state index in [1.165, 1.54) is 0 Å². The fourth-order valence-corrected chi connectivity index (χ4v) is 5.75. The fourth-order valence-electron chi connectivity index (χ4n) is 4.01. The average Bonchev–Trinajstić information content (AvgIpc) is 3.50. The second kappa shape index (κ2) is 10.4. The lowest BCUT2D eigenvalue weighted by atomic mass is 10.1. The van der Waals surface area contributed by atoms with Crippen LogP contribution in [0.4, 0.5) is 5.69 Å². The molecule has 1 N–H and O–H groups in total. The highest BCUT2D eigenvalue weighted by Crippen LogP contribution is 2.37. The van der Waals surface area contributed by atoms with E-state index < -0.39 is 8.32 Å². The predicted molar refractivity (Wildman–Crippen MR) is 161 cm³/mol. The number of hydrogen-bond acceptors (Lipinski definition) is 6. The number of pyridine rings is 1. The SMILES string of the molecule is Cc1cccc(-n2nc(CC(=O)Nc3cccc(O[Si](C)(C)C(C)(C)C)c3)cc2-c2ccc3ncsc3c2)n1. The van der Waals surface area contributed by atoms with Gasteiger partial charge in [0, 0.05) is 23.0 Å². The van der Waals surface area contributed by atoms with Gasteiger partial charge in [-0.05, 0) is 67.5 Å². The third-order valence-electron chi connectivity index (χ3n) is 7.12. The molecular weight excluding hydrogens is 523 g/mol. The minimum absolute atomic E-state index is 0.0828. The Hall–Kier alpha value is -3.82. The van der Waals surface area contributed by atoms with Crippen LogP contribution in [0.15, 0.2) is 72.2 Å². The molecule has 1 amide bonds. The molecule has 3 aromatic heterocycles. The molecule has 0 fully saturated rings. The molecule has 0 aliphatic rings. The molecule has 5 aromatic rings. The van der Waals surface area contributed by atoms with Crippen LogP contribution < -0.4 is 9.74 Å². The van der Waals surface area contributed by atoms with Crippen molar-refractivity contribution in [1.82, 2.24) is 19.7 Å². The van der Waals surface area contributed by atoms with Crippen LogP contribution in [0.25, 0.3) is 27.3 Å². The molecule has 0 bridgehead atoms. The van der Waals surface area contributed by atoms with Crippen LogP contribution in [0, 0.1) is 6.92 Å². The lowest BCUT2D eigenvalue weighted by Gasteiger charge is -2.36. The van der Waals surface area contributed by atoms with Gasteiger partial charge < -0.3 is 9.74 Å². The zero-order valence-corrected chi connectivity index (χ0v) is 25.0. The number of fused-ring (bicyclic) bond motifs is 1. The summed E-state index contributed by atoms with van der Waals surface area (Å²) in [5.74, 6) is 1.33. The summed E-state index contributed by atoms with van der Waals surface area (Å²) in [6.45, 7) is 13.0. The van der Waals surface area contributed by atoms with E-state index in [2.05, 4.69) is 55.2 Å². The third-order valence-corrected chi connectivity index (χ3v) is 12.3. The summed E-state index contributed by atoms with van der Waals surface area (Å²) in [7, 11) is -1.99. The largest absolute Gasteiger partial charge is 0.543 e. The molecule has 200 valence electrons. The summed E-state index contributed by atoms with van der Waals surface area (Å²) in [5.41, 5.74) is 6.92. The smallest absolute Gasteiger partial charge is 0.250 e. The molecule has 0 radical (unpaired) electrons. The van der Waals surface area contributed by atoms with E-state index in [1.807, 2.05) is 77.8 Å². The van der Waals surface area contributed by atoms with Crippen LogP contribution in [-0.4, -0.2) is 34.0 Å². The van der Waals surface area contributed by atoms with Gasteiger partial charge in [0.2, 0.25) is 14.2 Å². The van der Waals surface area contributed by atoms with Crippen molar-refractivity contribution in [2.75, 3.05) is 5.32 Å². The molecule has 2 aromatic carbocycles. The van der Waals surface area contributed by atoms with Gasteiger partial charge in [-0.15, -0.1) is 11.3 Å². The van der Waals surface area contributed by atoms with E-state index in [0.717, 1.165) is 32.9 Å². The van der Waals surface area contributed by atoms with E-state index in [9.17, 15) is 4.79 Å². The van der Waals surface area contributed by atoms with Gasteiger partial charge in [0.1, 0.15) is 5.75 Å². The summed E-state index contributed by atoms with van der Waals surface area (Å²) in [5, 5.41) is 7.90. The Morgan fingerprint density at radius 2 is 1.85 bits per heavy atom. The number of benzene rings is 2. The number of anilines is 1. The maximum Gasteiger partial charge on any atom is 0.250 e. The van der Waals surface area contributed by atoms with E-state index in [-0.39, 0.29) is 17.4 Å². The van der Waals surface area contributed by atoms with Crippen molar-refractivity contribution in [3.63, 3.8) is 0 Å². The minimum Gasteiger partial charge on any atom is -0.543 e. The lowest BCUT2D eigenvalue weighted by Crippen LogP contribution is -2.43. The van der Waals surface area contributed by atoms with Gasteiger partial charge >= 0.3 is 0 Å². The predicted octanol–water partition coefficient (Wildman–Crippen LogP) is 7.42. The number of thiazole rings is 1. The summed E-state index contributed by atoms with van der Waals surface area (Å²) in [4.78, 5) is 22.2. The normalized spacial score (nSPS) is 12.1. The van der Waals surface area contributed by atoms with E-state index in [0.29, 0.717) is 17.2 Å². The lowest BCUT2D eigenvalue weighted by molar-refractivity contribution is -0.115. The number of amides is 1. The van der Waals surface area contributed by atoms with Crippen LogP contribution in [0.1, 0.15) is 32.2 Å². The average molecular weight is 556 g/mol. The monoisotopic (exact) mass is 555 g/mol. The van der Waals surface area contributed by atoms with Gasteiger partial charge in [-0.25, -0.2) is 14.6 Å². The van der Waals surface area contributed by atoms with E-state index >= 15 is 0 Å². The number of hydrogen-bond donors (Lipinski definition) is 1. The molecule has 9 heteroatoms. The Balaban J connectivity index is 1.40. The number of rotatable bonds is 7. The number of carbonyl (C=O) groups excluding carboxylic acids is 1. The van der Waals surface area contributed by atoms with Gasteiger partial charge in [0.05, 0.1) is 33.5 Å². The standard InChI is InChI=1S/C30H33N5O2SSi/c1-20-9-7-12-28(32-20)35-26(21-13-14-25-27(15-21)38-19-31-25)17-23(34-35)18-29(36)33-22-10-8-11-24(16-22)37-39(5,6)30(2,3)4/h7-17,19H,18H2,1-6H3,(H,33,36). The first-order valence-electron chi connectivity index (χ1n) is 12.9. The maximum atomic E-state index is 13.1. The Labute approximate surface area is 234 Å². The number of nitrogens with one attached hydrogen (secondary N) is 1. The first-order valence-corrected chi connectivity index (χ1v) is 16.7. The van der Waals surface area contributed by atoms with Crippen LogP contribution >= 0.6 is 11.3 Å². The zero-order valence-electron chi connectivity index (χ0n) is 23.1. The topological polar surface area (TPSA) is 81.9 Å². The Kier molecular flexibility index (Phi) is 7.13. The van der Waals surface area contributed by atoms with Crippen LogP contribution in [-0.2, 0) is 11.2 Å². The molecule has 0 atom stereocenters. The van der Waals surface area contributed by atoms with Crippen molar-refractivity contribution in [1.29, 1.82) is 0 Å². The molecule has 3 heterocycles. The number of aryl methyl sites for hydroxylation is 1. The van der Waals surface area contributed by atoms with Crippen LogP contribution in [0.2, 0.25) is 18.1 Å². The second-order valence-corrected chi connectivity index (χ2v) is 16.8. The summed E-state index contributed by atoms with van der Waals surface area (Å²) in [6, 6.07) is 21.6. The second-order valence-electron chi connectivity index (χ2n) is 11.2. The third kappa shape index (κ3) is 5.94. The Morgan fingerprint density at radius 1 is 1.05 bits per heavy atom. The Morgan fingerprint density at radius 3 is 2.62 bits per heavy atom. The minimum atomic E-state index is -1.99. The first-order chi connectivity index (χ1) is 18.5. The van der Waals surface area contributed by atoms with Gasteiger partial charge in [-0.1, -0.05) is 39.0 Å². The molecular formula is C30H33N5O2SSi. The molecule has 0 saturated carbocycles. The van der Waals surface area contributed by atoms with Gasteiger partial charge in [0.25, 0.3) is 0 Å². The molecule has 0 aliphatic heterocycles.